The number of nitrogens with one attached hydrogen (secondary N) is 2. The van der Waals surface area contributed by atoms with Crippen molar-refractivity contribution in [2.24, 2.45) is 5.92 Å². The zero-order valence-electron chi connectivity index (χ0n) is 12.3. The van der Waals surface area contributed by atoms with Gasteiger partial charge in [-0.2, -0.15) is 0 Å². The van der Waals surface area contributed by atoms with Crippen LogP contribution in [-0.2, 0) is 11.3 Å². The summed E-state index contributed by atoms with van der Waals surface area (Å²) in [4.78, 5) is 16.1. The van der Waals surface area contributed by atoms with Crippen LogP contribution in [0.4, 0.5) is 5.95 Å². The first-order valence-electron chi connectivity index (χ1n) is 7.19. The molecule has 1 saturated heterocycles. The van der Waals surface area contributed by atoms with Crippen LogP contribution in [0.25, 0.3) is 0 Å². The lowest BCUT2D eigenvalue weighted by Gasteiger charge is -2.12. The monoisotopic (exact) mass is 300 g/mol. The summed E-state index contributed by atoms with van der Waals surface area (Å²) in [7, 11) is 0. The Morgan fingerprint density at radius 2 is 2.40 bits per heavy atom. The zero-order chi connectivity index (χ0) is 13.7. The number of aromatic nitrogens is 2. The van der Waals surface area contributed by atoms with E-state index in [0.717, 1.165) is 19.5 Å². The van der Waals surface area contributed by atoms with Gasteiger partial charge in [-0.15, -0.1) is 12.4 Å². The Morgan fingerprint density at radius 1 is 1.60 bits per heavy atom. The molecule has 0 radical (unpaired) electrons. The molecule has 1 amide bonds. The lowest BCUT2D eigenvalue weighted by molar-refractivity contribution is -0.116. The number of rotatable bonds is 6. The van der Waals surface area contributed by atoms with Crippen molar-refractivity contribution in [3.05, 3.63) is 12.4 Å². The highest BCUT2D eigenvalue weighted by atomic mass is 35.5. The molecule has 0 aromatic carbocycles. The van der Waals surface area contributed by atoms with Gasteiger partial charge in [0, 0.05) is 31.4 Å². The third kappa shape index (κ3) is 5.13. The van der Waals surface area contributed by atoms with Gasteiger partial charge in [-0.3, -0.25) is 10.1 Å². The molecule has 0 aliphatic carbocycles. The smallest absolute Gasteiger partial charge is 0.226 e. The van der Waals surface area contributed by atoms with Crippen LogP contribution in [0.15, 0.2) is 12.4 Å². The Bertz CT molecular complexity index is 413. The van der Waals surface area contributed by atoms with E-state index in [1.807, 2.05) is 10.8 Å². The number of amides is 1. The molecule has 1 aliphatic rings. The molecule has 1 aromatic heterocycles. The number of carbonyl (C=O) groups excluding carboxylic acids is 1. The maximum Gasteiger partial charge on any atom is 0.226 e. The summed E-state index contributed by atoms with van der Waals surface area (Å²) in [5, 5.41) is 6.31. The van der Waals surface area contributed by atoms with Gasteiger partial charge in [0.2, 0.25) is 11.9 Å². The number of imidazole rings is 1. The van der Waals surface area contributed by atoms with Crippen molar-refractivity contribution in [2.45, 2.75) is 52.1 Å². The van der Waals surface area contributed by atoms with Crippen LogP contribution in [0.1, 0.15) is 39.5 Å². The summed E-state index contributed by atoms with van der Waals surface area (Å²) >= 11 is 0. The van der Waals surface area contributed by atoms with E-state index >= 15 is 0 Å². The Kier molecular flexibility index (Phi) is 7.02. The first kappa shape index (κ1) is 17.0. The Morgan fingerprint density at radius 3 is 3.05 bits per heavy atom. The van der Waals surface area contributed by atoms with E-state index in [4.69, 9.17) is 0 Å². The second-order valence-electron chi connectivity index (χ2n) is 5.68. The van der Waals surface area contributed by atoms with Gasteiger partial charge in [-0.05, 0) is 31.7 Å². The van der Waals surface area contributed by atoms with Gasteiger partial charge < -0.3 is 9.88 Å². The van der Waals surface area contributed by atoms with Crippen LogP contribution in [-0.4, -0.2) is 28.0 Å². The highest BCUT2D eigenvalue weighted by Crippen LogP contribution is 2.12. The van der Waals surface area contributed by atoms with E-state index in [2.05, 4.69) is 29.5 Å². The molecule has 6 heteroatoms. The van der Waals surface area contributed by atoms with Crippen LogP contribution in [0.3, 0.4) is 0 Å². The molecule has 1 atom stereocenters. The standard InChI is InChI=1S/C14H24N4O.ClH/c1-11(2)10-18-9-8-16-14(18)17-13(19)6-5-12-4-3-7-15-12;/h8-9,11-12,15H,3-7,10H2,1-2H3,(H,16,17,19);1H. The maximum absolute atomic E-state index is 11.9. The van der Waals surface area contributed by atoms with Crippen molar-refractivity contribution in [3.63, 3.8) is 0 Å². The minimum atomic E-state index is 0. The van der Waals surface area contributed by atoms with Crippen molar-refractivity contribution >= 4 is 24.3 Å². The van der Waals surface area contributed by atoms with Gasteiger partial charge in [0.15, 0.2) is 0 Å². The molecule has 2 heterocycles. The van der Waals surface area contributed by atoms with Crippen molar-refractivity contribution in [1.29, 1.82) is 0 Å². The van der Waals surface area contributed by atoms with Gasteiger partial charge in [0.1, 0.15) is 0 Å². The Balaban J connectivity index is 0.00000200. The van der Waals surface area contributed by atoms with E-state index in [0.29, 0.717) is 24.3 Å². The van der Waals surface area contributed by atoms with Gasteiger partial charge in [-0.1, -0.05) is 13.8 Å². The fourth-order valence-electron chi connectivity index (χ4n) is 2.47. The number of hydrogen-bond donors (Lipinski definition) is 2. The number of nitrogens with zero attached hydrogens (tertiary/aromatic N) is 2. The summed E-state index contributed by atoms with van der Waals surface area (Å²) in [6, 6.07) is 0.515. The highest BCUT2D eigenvalue weighted by molar-refractivity contribution is 5.89. The second kappa shape index (κ2) is 8.27. The van der Waals surface area contributed by atoms with Crippen molar-refractivity contribution in [1.82, 2.24) is 14.9 Å². The summed E-state index contributed by atoms with van der Waals surface area (Å²) in [6.07, 6.45) is 7.54. The average Bonchev–Trinajstić information content (AvgIpc) is 2.98. The van der Waals surface area contributed by atoms with E-state index in [1.165, 1.54) is 12.8 Å². The van der Waals surface area contributed by atoms with E-state index in [9.17, 15) is 4.79 Å². The van der Waals surface area contributed by atoms with Crippen LogP contribution in [0.5, 0.6) is 0 Å². The van der Waals surface area contributed by atoms with Crippen LogP contribution in [0, 0.1) is 5.92 Å². The van der Waals surface area contributed by atoms with Crippen molar-refractivity contribution < 1.29 is 4.79 Å². The number of anilines is 1. The minimum Gasteiger partial charge on any atom is -0.317 e. The summed E-state index contributed by atoms with van der Waals surface area (Å²) in [5.74, 6) is 1.26. The molecular formula is C14H25ClN4O. The average molecular weight is 301 g/mol. The first-order chi connectivity index (χ1) is 9.15. The molecular weight excluding hydrogens is 276 g/mol. The molecule has 1 unspecified atom stereocenters. The quantitative estimate of drug-likeness (QED) is 0.848. The largest absolute Gasteiger partial charge is 0.317 e. The molecule has 20 heavy (non-hydrogen) atoms. The molecule has 0 saturated carbocycles. The SMILES string of the molecule is CC(C)Cn1ccnc1NC(=O)CCC1CCCN1.Cl. The molecule has 114 valence electrons. The normalized spacial score (nSPS) is 18.1. The molecule has 2 N–H and O–H groups in total. The predicted molar refractivity (Wildman–Crippen MR) is 83.2 cm³/mol. The Hall–Kier alpha value is -1.07. The summed E-state index contributed by atoms with van der Waals surface area (Å²) in [6.45, 7) is 6.26. The molecule has 1 aromatic rings. The number of halogens is 1. The van der Waals surface area contributed by atoms with Crippen molar-refractivity contribution in [2.75, 3.05) is 11.9 Å². The molecule has 0 spiro atoms. The van der Waals surface area contributed by atoms with E-state index in [-0.39, 0.29) is 18.3 Å². The zero-order valence-corrected chi connectivity index (χ0v) is 13.1. The first-order valence-corrected chi connectivity index (χ1v) is 7.19. The van der Waals surface area contributed by atoms with Crippen LogP contribution >= 0.6 is 12.4 Å². The van der Waals surface area contributed by atoms with Crippen LogP contribution < -0.4 is 10.6 Å². The maximum atomic E-state index is 11.9. The topological polar surface area (TPSA) is 59.0 Å². The van der Waals surface area contributed by atoms with Gasteiger partial charge in [-0.25, -0.2) is 4.98 Å². The fraction of sp³-hybridized carbons (Fsp3) is 0.714. The number of hydrogen-bond acceptors (Lipinski definition) is 3. The number of carbonyl (C=O) groups is 1. The molecule has 0 bridgehead atoms. The summed E-state index contributed by atoms with van der Waals surface area (Å²) < 4.78 is 2.00. The second-order valence-corrected chi connectivity index (χ2v) is 5.68. The van der Waals surface area contributed by atoms with E-state index < -0.39 is 0 Å². The fourth-order valence-corrected chi connectivity index (χ4v) is 2.47. The highest BCUT2D eigenvalue weighted by Gasteiger charge is 2.16. The molecule has 1 aliphatic heterocycles. The molecule has 2 rings (SSSR count). The predicted octanol–water partition coefficient (Wildman–Crippen LogP) is 2.43. The van der Waals surface area contributed by atoms with Gasteiger partial charge in [0.25, 0.3) is 0 Å². The van der Waals surface area contributed by atoms with Crippen LogP contribution in [0.2, 0.25) is 0 Å². The molecule has 1 fully saturated rings. The lowest BCUT2D eigenvalue weighted by Crippen LogP contribution is -2.24. The third-order valence-corrected chi connectivity index (χ3v) is 3.41. The Labute approximate surface area is 126 Å². The third-order valence-electron chi connectivity index (χ3n) is 3.41. The van der Waals surface area contributed by atoms with Crippen molar-refractivity contribution in [3.8, 4) is 0 Å². The molecule has 5 nitrogen and oxygen atoms in total. The van der Waals surface area contributed by atoms with E-state index in [1.54, 1.807) is 6.20 Å². The lowest BCUT2D eigenvalue weighted by atomic mass is 10.1. The minimum absolute atomic E-state index is 0. The summed E-state index contributed by atoms with van der Waals surface area (Å²) in [5.41, 5.74) is 0. The van der Waals surface area contributed by atoms with Gasteiger partial charge in [0.05, 0.1) is 0 Å². The van der Waals surface area contributed by atoms with Gasteiger partial charge >= 0.3 is 0 Å².